The molecule has 4 nitrogen and oxygen atoms in total. The minimum absolute atomic E-state index is 0.304. The van der Waals surface area contributed by atoms with E-state index in [1.165, 1.54) is 6.08 Å². The van der Waals surface area contributed by atoms with Gasteiger partial charge in [0.25, 0.3) is 0 Å². The van der Waals surface area contributed by atoms with Crippen molar-refractivity contribution in [3.8, 4) is 0 Å². The molecular weight excluding hydrogens is 291 g/mol. The van der Waals surface area contributed by atoms with Crippen LogP contribution in [0.5, 0.6) is 0 Å². The summed E-state index contributed by atoms with van der Waals surface area (Å²) in [5, 5.41) is 0. The van der Waals surface area contributed by atoms with Gasteiger partial charge in [-0.3, -0.25) is 0 Å². The summed E-state index contributed by atoms with van der Waals surface area (Å²) >= 11 is 0. The Morgan fingerprint density at radius 1 is 1.13 bits per heavy atom. The normalized spacial score (nSPS) is 19.3. The first kappa shape index (κ1) is 17.8. The maximum absolute atomic E-state index is 11.2. The molecule has 0 amide bonds. The van der Waals surface area contributed by atoms with Crippen molar-refractivity contribution in [2.24, 2.45) is 0 Å². The maximum atomic E-state index is 11.2. The monoisotopic (exact) mass is 316 g/mol. The van der Waals surface area contributed by atoms with E-state index < -0.39 is 0 Å². The molecule has 1 saturated heterocycles. The van der Waals surface area contributed by atoms with Crippen molar-refractivity contribution in [3.05, 3.63) is 42.0 Å². The highest BCUT2D eigenvalue weighted by molar-refractivity contribution is 6.62. The second-order valence-electron chi connectivity index (χ2n) is 6.69. The number of esters is 1. The molecule has 124 valence electrons. The smallest absolute Gasteiger partial charge is 0.463 e. The molecule has 0 saturated carbocycles. The van der Waals surface area contributed by atoms with Crippen LogP contribution >= 0.6 is 0 Å². The molecule has 0 bridgehead atoms. The minimum Gasteiger partial charge on any atom is -0.463 e. The fourth-order valence-corrected chi connectivity index (χ4v) is 2.27. The van der Waals surface area contributed by atoms with Gasteiger partial charge in [0.2, 0.25) is 0 Å². The quantitative estimate of drug-likeness (QED) is 0.476. The van der Waals surface area contributed by atoms with Gasteiger partial charge in [0.1, 0.15) is 0 Å². The van der Waals surface area contributed by atoms with Crippen LogP contribution in [0.4, 0.5) is 0 Å². The lowest BCUT2D eigenvalue weighted by atomic mass is 9.79. The maximum Gasteiger partial charge on any atom is 0.494 e. The standard InChI is InChI=1S/C18H25BO4/c1-6-21-16(20)9-7-8-14-10-12-15(13-11-14)19-22-17(2,3)18(4,5)23-19/h7,9-13H,6,8H2,1-5H3. The van der Waals surface area contributed by atoms with E-state index in [2.05, 4.69) is 0 Å². The van der Waals surface area contributed by atoms with Gasteiger partial charge in [0, 0.05) is 6.08 Å². The summed E-state index contributed by atoms with van der Waals surface area (Å²) in [5.74, 6) is -0.304. The number of ether oxygens (including phenoxy) is 1. The molecule has 1 aliphatic heterocycles. The van der Waals surface area contributed by atoms with Crippen LogP contribution < -0.4 is 5.46 Å². The van der Waals surface area contributed by atoms with Crippen molar-refractivity contribution >= 4 is 18.6 Å². The SMILES string of the molecule is CCOC(=O)C=CCc1ccc(B2OC(C)(C)C(C)(C)O2)cc1. The molecule has 0 atom stereocenters. The van der Waals surface area contributed by atoms with Gasteiger partial charge in [-0.15, -0.1) is 0 Å². The Balaban J connectivity index is 1.97. The molecule has 0 unspecified atom stereocenters. The summed E-state index contributed by atoms with van der Waals surface area (Å²) < 4.78 is 16.9. The molecular formula is C18H25BO4. The predicted octanol–water partition coefficient (Wildman–Crippen LogP) is 2.65. The number of hydrogen-bond acceptors (Lipinski definition) is 4. The Morgan fingerprint density at radius 2 is 1.70 bits per heavy atom. The predicted molar refractivity (Wildman–Crippen MR) is 91.6 cm³/mol. The Kier molecular flexibility index (Phi) is 5.32. The fraction of sp³-hybridized carbons (Fsp3) is 0.500. The van der Waals surface area contributed by atoms with Gasteiger partial charge in [0.05, 0.1) is 17.8 Å². The summed E-state index contributed by atoms with van der Waals surface area (Å²) in [6.45, 7) is 10.4. The first-order valence-corrected chi connectivity index (χ1v) is 8.03. The van der Waals surface area contributed by atoms with Crippen molar-refractivity contribution in [1.82, 2.24) is 0 Å². The topological polar surface area (TPSA) is 44.8 Å². The van der Waals surface area contributed by atoms with E-state index >= 15 is 0 Å². The largest absolute Gasteiger partial charge is 0.494 e. The van der Waals surface area contributed by atoms with Gasteiger partial charge in [0.15, 0.2) is 0 Å². The Labute approximate surface area is 139 Å². The first-order chi connectivity index (χ1) is 10.7. The van der Waals surface area contributed by atoms with E-state index in [0.29, 0.717) is 13.0 Å². The summed E-state index contributed by atoms with van der Waals surface area (Å²) in [6.07, 6.45) is 3.95. The molecule has 0 aromatic heterocycles. The highest BCUT2D eigenvalue weighted by atomic mass is 16.7. The summed E-state index contributed by atoms with van der Waals surface area (Å²) in [5.41, 5.74) is 1.45. The molecule has 1 heterocycles. The minimum atomic E-state index is -0.343. The molecule has 1 aromatic rings. The molecule has 1 fully saturated rings. The van der Waals surface area contributed by atoms with Crippen LogP contribution in [0.2, 0.25) is 0 Å². The fourth-order valence-electron chi connectivity index (χ4n) is 2.27. The van der Waals surface area contributed by atoms with Gasteiger partial charge < -0.3 is 14.0 Å². The number of benzene rings is 1. The lowest BCUT2D eigenvalue weighted by Crippen LogP contribution is -2.41. The van der Waals surface area contributed by atoms with E-state index in [1.807, 2.05) is 58.0 Å². The zero-order valence-corrected chi connectivity index (χ0v) is 14.6. The van der Waals surface area contributed by atoms with Crippen LogP contribution in [0.15, 0.2) is 36.4 Å². The van der Waals surface area contributed by atoms with Crippen LogP contribution in [0.25, 0.3) is 0 Å². The van der Waals surface area contributed by atoms with E-state index in [0.717, 1.165) is 11.0 Å². The van der Waals surface area contributed by atoms with Crippen molar-refractivity contribution in [2.45, 2.75) is 52.2 Å². The van der Waals surface area contributed by atoms with Crippen molar-refractivity contribution in [2.75, 3.05) is 6.61 Å². The van der Waals surface area contributed by atoms with Gasteiger partial charge >= 0.3 is 13.1 Å². The van der Waals surface area contributed by atoms with Gasteiger partial charge in [-0.2, -0.15) is 0 Å². The van der Waals surface area contributed by atoms with Crippen LogP contribution in [0.3, 0.4) is 0 Å². The van der Waals surface area contributed by atoms with E-state index in [4.69, 9.17) is 14.0 Å². The average Bonchev–Trinajstić information content (AvgIpc) is 2.68. The van der Waals surface area contributed by atoms with Crippen LogP contribution in [-0.2, 0) is 25.3 Å². The molecule has 2 rings (SSSR count). The van der Waals surface area contributed by atoms with Crippen LogP contribution in [0, 0.1) is 0 Å². The Morgan fingerprint density at radius 3 is 2.22 bits per heavy atom. The number of allylic oxidation sites excluding steroid dienone is 1. The molecule has 23 heavy (non-hydrogen) atoms. The lowest BCUT2D eigenvalue weighted by molar-refractivity contribution is -0.137. The zero-order valence-electron chi connectivity index (χ0n) is 14.6. The van der Waals surface area contributed by atoms with Crippen molar-refractivity contribution in [1.29, 1.82) is 0 Å². The van der Waals surface area contributed by atoms with E-state index in [1.54, 1.807) is 6.92 Å². The molecule has 0 spiro atoms. The van der Waals surface area contributed by atoms with Crippen molar-refractivity contribution < 1.29 is 18.8 Å². The highest BCUT2D eigenvalue weighted by Crippen LogP contribution is 2.36. The number of carbonyl (C=O) groups excluding carboxylic acids is 1. The van der Waals surface area contributed by atoms with Crippen LogP contribution in [-0.4, -0.2) is 30.9 Å². The second-order valence-corrected chi connectivity index (χ2v) is 6.69. The average molecular weight is 316 g/mol. The van der Waals surface area contributed by atoms with Gasteiger partial charge in [-0.25, -0.2) is 4.79 Å². The third-order valence-corrected chi connectivity index (χ3v) is 4.40. The number of hydrogen-bond donors (Lipinski definition) is 0. The first-order valence-electron chi connectivity index (χ1n) is 8.03. The van der Waals surface area contributed by atoms with Gasteiger partial charge in [-0.05, 0) is 52.1 Å². The second kappa shape index (κ2) is 6.89. The molecule has 1 aromatic carbocycles. The summed E-state index contributed by atoms with van der Waals surface area (Å²) in [6, 6.07) is 8.07. The molecule has 0 aliphatic carbocycles. The molecule has 1 aliphatic rings. The Hall–Kier alpha value is -1.59. The summed E-state index contributed by atoms with van der Waals surface area (Å²) in [7, 11) is -0.343. The molecule has 0 radical (unpaired) electrons. The third kappa shape index (κ3) is 4.24. The number of carbonyl (C=O) groups is 1. The van der Waals surface area contributed by atoms with Crippen LogP contribution in [0.1, 0.15) is 40.2 Å². The summed E-state index contributed by atoms with van der Waals surface area (Å²) in [4.78, 5) is 11.2. The third-order valence-electron chi connectivity index (χ3n) is 4.40. The van der Waals surface area contributed by atoms with Gasteiger partial charge in [-0.1, -0.05) is 30.3 Å². The number of rotatable bonds is 5. The molecule has 0 N–H and O–H groups in total. The zero-order chi connectivity index (χ0) is 17.1. The Bertz CT molecular complexity index is 559. The van der Waals surface area contributed by atoms with E-state index in [9.17, 15) is 4.79 Å². The van der Waals surface area contributed by atoms with E-state index in [-0.39, 0.29) is 24.3 Å². The molecule has 5 heteroatoms. The highest BCUT2D eigenvalue weighted by Gasteiger charge is 2.51. The van der Waals surface area contributed by atoms with Crippen molar-refractivity contribution in [3.63, 3.8) is 0 Å². The lowest BCUT2D eigenvalue weighted by Gasteiger charge is -2.32.